The number of hydrogen-bond donors (Lipinski definition) is 2. The molecule has 0 rings (SSSR count). The molecule has 0 aliphatic carbocycles. The first-order valence-electron chi connectivity index (χ1n) is 2.62. The Labute approximate surface area is 74.6 Å². The molecule has 0 bridgehead atoms. The van der Waals surface area contributed by atoms with Gasteiger partial charge in [-0.15, -0.1) is 40.0 Å². The van der Waals surface area contributed by atoms with E-state index in [0.717, 1.165) is 0 Å². The third-order valence-corrected chi connectivity index (χ3v) is 0. The third-order valence-electron chi connectivity index (χ3n) is 0. The van der Waals surface area contributed by atoms with E-state index in [9.17, 15) is 0 Å². The van der Waals surface area contributed by atoms with E-state index in [4.69, 9.17) is 30.6 Å². The van der Waals surface area contributed by atoms with Crippen molar-refractivity contribution < 1.29 is 20.6 Å². The average molecular weight is 196 g/mol. The van der Waals surface area contributed by atoms with Crippen LogP contribution < -0.4 is 0 Å². The largest absolute Gasteiger partial charge is 0.328 e. The minimum absolute atomic E-state index is 1.50. The maximum Gasteiger partial charge on any atom is 0.291 e. The number of rotatable bonds is 0. The van der Waals surface area contributed by atoms with Gasteiger partial charge >= 0.3 is 0 Å². The molecular weight excluding hydrogens is 184 g/mol. The molecule has 0 fully saturated rings. The minimum atomic E-state index is -1.50. The number of allylic oxidation sites excluding steroid dienone is 1. The zero-order valence-electron chi connectivity index (χ0n) is 7.12. The van der Waals surface area contributed by atoms with Crippen molar-refractivity contribution in [2.45, 2.75) is 6.92 Å². The Kier molecular flexibility index (Phi) is 56.5. The Hall–Kier alpha value is -2.12. The predicted molar refractivity (Wildman–Crippen MR) is 44.7 cm³/mol. The fraction of sp³-hybridized carbons (Fsp3) is 0.200. The van der Waals surface area contributed by atoms with E-state index in [-0.39, 0.29) is 0 Å². The first kappa shape index (κ1) is 22.4. The highest BCUT2D eigenvalue weighted by atomic mass is 16.9. The van der Waals surface area contributed by atoms with Crippen LogP contribution in [0.1, 0.15) is 6.92 Å². The molecule has 0 spiro atoms. The van der Waals surface area contributed by atoms with Crippen molar-refractivity contribution in [2.75, 3.05) is 0 Å². The maximum absolute atomic E-state index is 8.36. The molecule has 0 aliphatic rings. The topological polar surface area (TPSA) is 127 Å². The van der Waals surface area contributed by atoms with E-state index in [2.05, 4.69) is 19.7 Å². The maximum atomic E-state index is 8.36. The van der Waals surface area contributed by atoms with Crippen molar-refractivity contribution >= 4 is 0 Å². The second kappa shape index (κ2) is 32.7. The van der Waals surface area contributed by atoms with E-state index < -0.39 is 10.2 Å². The number of nitrogens with zero attached hydrogens (tertiary/aromatic N) is 2. The lowest BCUT2D eigenvalue weighted by atomic mass is 10.8. The van der Waals surface area contributed by atoms with Gasteiger partial charge in [0, 0.05) is 0 Å². The molecule has 0 radical (unpaired) electrons. The molecule has 8 nitrogen and oxygen atoms in total. The molecule has 0 atom stereocenters. The highest BCUT2D eigenvalue weighted by Gasteiger charge is 1.65. The molecule has 2 N–H and O–H groups in total. The van der Waals surface area contributed by atoms with Crippen LogP contribution >= 0.6 is 0 Å². The van der Waals surface area contributed by atoms with E-state index in [1.807, 2.05) is 6.92 Å². The summed E-state index contributed by atoms with van der Waals surface area (Å²) in [4.78, 5) is 16.7. The Bertz CT molecular complexity index is 117. The molecule has 0 aromatic heterocycles. The Morgan fingerprint density at radius 2 is 1.15 bits per heavy atom. The highest BCUT2D eigenvalue weighted by molar-refractivity contribution is 4.51. The summed E-state index contributed by atoms with van der Waals surface area (Å²) in [5, 5.41) is 27.3. The lowest BCUT2D eigenvalue weighted by Gasteiger charge is -1.56. The van der Waals surface area contributed by atoms with Crippen molar-refractivity contribution in [1.82, 2.24) is 0 Å². The molecule has 0 heterocycles. The van der Waals surface area contributed by atoms with Crippen LogP contribution in [-0.2, 0) is 0 Å². The zero-order chi connectivity index (χ0) is 11.9. The van der Waals surface area contributed by atoms with Gasteiger partial charge in [-0.1, -0.05) is 6.08 Å². The first-order valence-corrected chi connectivity index (χ1v) is 2.62. The summed E-state index contributed by atoms with van der Waals surface area (Å²) in [7, 11) is 0. The van der Waals surface area contributed by atoms with Crippen molar-refractivity contribution in [3.63, 3.8) is 0 Å². The predicted octanol–water partition coefficient (Wildman–Crippen LogP) is 1.30. The summed E-state index contributed by atoms with van der Waals surface area (Å²) in [6.45, 7) is 11.2. The SMILES string of the molecule is C=C.C=CC.O=[N+]([O-])O.O=[N+]([O-])O. The first-order chi connectivity index (χ1) is 5.88. The molecule has 0 aliphatic heterocycles. The van der Waals surface area contributed by atoms with E-state index >= 15 is 0 Å². The van der Waals surface area contributed by atoms with Gasteiger partial charge in [-0.3, -0.25) is 0 Å². The molecule has 0 saturated carbocycles. The fourth-order valence-electron chi connectivity index (χ4n) is 0. The summed E-state index contributed by atoms with van der Waals surface area (Å²) in [5.41, 5.74) is 0. The zero-order valence-corrected chi connectivity index (χ0v) is 7.12. The quantitative estimate of drug-likeness (QED) is 0.341. The van der Waals surface area contributed by atoms with Crippen LogP contribution in [-0.4, -0.2) is 20.6 Å². The smallest absolute Gasteiger partial charge is 0.291 e. The van der Waals surface area contributed by atoms with Gasteiger partial charge in [0.05, 0.1) is 0 Å². The van der Waals surface area contributed by atoms with Crippen molar-refractivity contribution in [1.29, 1.82) is 0 Å². The monoisotopic (exact) mass is 196 g/mol. The lowest BCUT2D eigenvalue weighted by Crippen LogP contribution is -1.81. The standard InChI is InChI=1S/C3H6.C2H4.2HNO3/c1-3-2;1-2;2*2-1(3)4/h3H,1H2,2H3;1-2H2;2*(H,2,3,4). The van der Waals surface area contributed by atoms with Crippen molar-refractivity contribution in [3.8, 4) is 0 Å². The Morgan fingerprint density at radius 1 is 1.15 bits per heavy atom. The van der Waals surface area contributed by atoms with Crippen LogP contribution in [0.2, 0.25) is 0 Å². The lowest BCUT2D eigenvalue weighted by molar-refractivity contribution is -0.742. The average Bonchev–Trinajstić information content (AvgIpc) is 1.89. The van der Waals surface area contributed by atoms with Crippen LogP contribution in [0.3, 0.4) is 0 Å². The summed E-state index contributed by atoms with van der Waals surface area (Å²) >= 11 is 0. The Morgan fingerprint density at radius 3 is 1.15 bits per heavy atom. The normalized spacial score (nSPS) is 5.00. The van der Waals surface area contributed by atoms with Gasteiger partial charge in [-0.2, -0.15) is 0 Å². The van der Waals surface area contributed by atoms with Gasteiger partial charge in [-0.25, -0.2) is 0 Å². The van der Waals surface area contributed by atoms with Gasteiger partial charge in [0.2, 0.25) is 0 Å². The second-order valence-electron chi connectivity index (χ2n) is 0.884. The molecule has 0 saturated heterocycles. The Balaban J connectivity index is -0.0000000431. The van der Waals surface area contributed by atoms with Crippen LogP contribution in [0.5, 0.6) is 0 Å². The van der Waals surface area contributed by atoms with Gasteiger partial charge < -0.3 is 10.4 Å². The van der Waals surface area contributed by atoms with Gasteiger partial charge in [0.1, 0.15) is 0 Å². The van der Waals surface area contributed by atoms with Crippen LogP contribution in [0, 0.1) is 20.2 Å². The van der Waals surface area contributed by atoms with Crippen molar-refractivity contribution in [2.24, 2.45) is 0 Å². The fourth-order valence-corrected chi connectivity index (χ4v) is 0. The van der Waals surface area contributed by atoms with E-state index in [0.29, 0.717) is 0 Å². The molecule has 8 heteroatoms. The number of hydrogen-bond acceptors (Lipinski definition) is 4. The molecule has 0 amide bonds. The molecule has 0 unspecified atom stereocenters. The van der Waals surface area contributed by atoms with Crippen LogP contribution in [0.25, 0.3) is 0 Å². The van der Waals surface area contributed by atoms with Crippen LogP contribution in [0.4, 0.5) is 0 Å². The second-order valence-corrected chi connectivity index (χ2v) is 0.884. The van der Waals surface area contributed by atoms with Gasteiger partial charge in [0.15, 0.2) is 0 Å². The van der Waals surface area contributed by atoms with E-state index in [1.54, 1.807) is 6.08 Å². The summed E-state index contributed by atoms with van der Waals surface area (Å²) in [5.74, 6) is 0. The summed E-state index contributed by atoms with van der Waals surface area (Å²) < 4.78 is 0. The molecule has 0 aromatic carbocycles. The molecule has 13 heavy (non-hydrogen) atoms. The molecular formula is C5H12N2O6. The molecule has 78 valence electrons. The summed E-state index contributed by atoms with van der Waals surface area (Å²) in [6.07, 6.45) is 1.75. The summed E-state index contributed by atoms with van der Waals surface area (Å²) in [6, 6.07) is 0. The third kappa shape index (κ3) is 137. The molecule has 0 aromatic rings. The van der Waals surface area contributed by atoms with Gasteiger partial charge in [-0.05, 0) is 6.92 Å². The highest BCUT2D eigenvalue weighted by Crippen LogP contribution is 1.38. The van der Waals surface area contributed by atoms with Crippen LogP contribution in [0.15, 0.2) is 25.8 Å². The van der Waals surface area contributed by atoms with E-state index in [1.165, 1.54) is 0 Å². The minimum Gasteiger partial charge on any atom is -0.328 e. The van der Waals surface area contributed by atoms with Crippen molar-refractivity contribution in [3.05, 3.63) is 46.0 Å². The van der Waals surface area contributed by atoms with Gasteiger partial charge in [0.25, 0.3) is 10.2 Å².